The van der Waals surface area contributed by atoms with Crippen molar-refractivity contribution < 1.29 is 38.1 Å². The van der Waals surface area contributed by atoms with Crippen LogP contribution in [0.3, 0.4) is 0 Å². The summed E-state index contributed by atoms with van der Waals surface area (Å²) in [5.41, 5.74) is -1.33. The van der Waals surface area contributed by atoms with Crippen molar-refractivity contribution in [3.05, 3.63) is 46.6 Å². The Kier molecular flexibility index (Phi) is 4.08. The summed E-state index contributed by atoms with van der Waals surface area (Å²) in [6, 6.07) is 0. The van der Waals surface area contributed by atoms with E-state index in [0.29, 0.717) is 6.42 Å². The summed E-state index contributed by atoms with van der Waals surface area (Å²) in [6.07, 6.45) is 7.50. The zero-order chi connectivity index (χ0) is 21.1. The Morgan fingerprint density at radius 3 is 1.86 bits per heavy atom. The molecule has 0 saturated heterocycles. The van der Waals surface area contributed by atoms with E-state index in [4.69, 9.17) is 18.9 Å². The van der Waals surface area contributed by atoms with Crippen molar-refractivity contribution in [2.75, 3.05) is 28.4 Å². The van der Waals surface area contributed by atoms with Crippen molar-refractivity contribution >= 4 is 23.9 Å². The number of ether oxygens (including phenoxy) is 4. The maximum Gasteiger partial charge on any atom is 0.335 e. The van der Waals surface area contributed by atoms with Crippen LogP contribution in [0.5, 0.6) is 0 Å². The number of fused-ring (bicyclic) bond motifs is 2. The normalized spacial score (nSPS) is 33.0. The highest BCUT2D eigenvalue weighted by molar-refractivity contribution is 6.11. The average Bonchev–Trinajstić information content (AvgIpc) is 3.17. The molecule has 0 heterocycles. The van der Waals surface area contributed by atoms with E-state index in [1.165, 1.54) is 28.4 Å². The van der Waals surface area contributed by atoms with Gasteiger partial charge in [-0.2, -0.15) is 0 Å². The van der Waals surface area contributed by atoms with Gasteiger partial charge in [-0.1, -0.05) is 24.3 Å². The zero-order valence-corrected chi connectivity index (χ0v) is 16.4. The van der Waals surface area contributed by atoms with E-state index in [0.717, 1.165) is 0 Å². The molecular formula is C21H20O8. The number of allylic oxidation sites excluding steroid dienone is 4. The largest absolute Gasteiger partial charge is 0.466 e. The predicted octanol–water partition coefficient (Wildman–Crippen LogP) is 1.03. The van der Waals surface area contributed by atoms with Gasteiger partial charge >= 0.3 is 23.9 Å². The fourth-order valence-electron chi connectivity index (χ4n) is 5.87. The minimum Gasteiger partial charge on any atom is -0.466 e. The molecule has 0 unspecified atom stereocenters. The van der Waals surface area contributed by atoms with Crippen LogP contribution < -0.4 is 0 Å². The van der Waals surface area contributed by atoms with E-state index < -0.39 is 46.5 Å². The Morgan fingerprint density at radius 2 is 1.28 bits per heavy atom. The fourth-order valence-corrected chi connectivity index (χ4v) is 5.87. The van der Waals surface area contributed by atoms with E-state index in [9.17, 15) is 19.2 Å². The topological polar surface area (TPSA) is 105 Å². The second kappa shape index (κ2) is 6.17. The molecule has 0 aromatic heterocycles. The first-order chi connectivity index (χ1) is 13.9. The van der Waals surface area contributed by atoms with Crippen LogP contribution >= 0.6 is 0 Å². The number of esters is 4. The van der Waals surface area contributed by atoms with Crippen molar-refractivity contribution in [1.29, 1.82) is 0 Å². The van der Waals surface area contributed by atoms with E-state index >= 15 is 0 Å². The van der Waals surface area contributed by atoms with Gasteiger partial charge in [-0.05, 0) is 6.42 Å². The molecule has 4 rings (SSSR count). The van der Waals surface area contributed by atoms with Crippen LogP contribution in [0.25, 0.3) is 0 Å². The predicted molar refractivity (Wildman–Crippen MR) is 96.9 cm³/mol. The van der Waals surface area contributed by atoms with Gasteiger partial charge in [0, 0.05) is 22.7 Å². The molecule has 4 atom stereocenters. The lowest BCUT2D eigenvalue weighted by Crippen LogP contribution is -2.57. The average molecular weight is 400 g/mol. The summed E-state index contributed by atoms with van der Waals surface area (Å²) in [4.78, 5) is 50.8. The van der Waals surface area contributed by atoms with Crippen molar-refractivity contribution in [1.82, 2.24) is 0 Å². The van der Waals surface area contributed by atoms with Gasteiger partial charge in [-0.3, -0.25) is 0 Å². The first-order valence-electron chi connectivity index (χ1n) is 9.05. The lowest BCUT2D eigenvalue weighted by Gasteiger charge is -2.56. The number of methoxy groups -OCH3 is 4. The second-order valence-electron chi connectivity index (χ2n) is 7.39. The third-order valence-electron chi connectivity index (χ3n) is 6.69. The number of rotatable bonds is 4. The van der Waals surface area contributed by atoms with Crippen LogP contribution in [0.1, 0.15) is 6.42 Å². The highest BCUT2D eigenvalue weighted by Crippen LogP contribution is 2.80. The van der Waals surface area contributed by atoms with Crippen molar-refractivity contribution in [2.24, 2.45) is 22.7 Å². The number of hydrogen-bond donors (Lipinski definition) is 0. The Hall–Kier alpha value is -3.16. The first kappa shape index (κ1) is 19.2. The lowest BCUT2D eigenvalue weighted by molar-refractivity contribution is -0.146. The summed E-state index contributed by atoms with van der Waals surface area (Å²) >= 11 is 0. The number of hydrogen-bond acceptors (Lipinski definition) is 8. The molecule has 4 aliphatic rings. The van der Waals surface area contributed by atoms with Crippen LogP contribution in [0.2, 0.25) is 0 Å². The molecule has 0 aliphatic heterocycles. The van der Waals surface area contributed by atoms with Gasteiger partial charge in [0.1, 0.15) is 0 Å². The van der Waals surface area contributed by atoms with Crippen molar-refractivity contribution in [2.45, 2.75) is 6.42 Å². The second-order valence-corrected chi connectivity index (χ2v) is 7.39. The molecule has 4 aliphatic carbocycles. The smallest absolute Gasteiger partial charge is 0.335 e. The Morgan fingerprint density at radius 1 is 0.759 bits per heavy atom. The molecule has 0 amide bonds. The standard InChI is InChI=1S/C21H20O8/c1-26-16(22)11-10-9-20(14(11)18(24)28-3)7-5-6-8-21(20)13(10)12(17(23)27-2)15(21)19(25)29-4/h5-8,10,13H,9H2,1-4H3/t10-,13-,20+,21-/m0/s1. The molecule has 0 radical (unpaired) electrons. The highest BCUT2D eigenvalue weighted by atomic mass is 16.5. The summed E-state index contributed by atoms with van der Waals surface area (Å²) < 4.78 is 19.8. The van der Waals surface area contributed by atoms with Gasteiger partial charge in [0.15, 0.2) is 0 Å². The maximum absolute atomic E-state index is 12.8. The minimum absolute atomic E-state index is 0.158. The van der Waals surface area contributed by atoms with Crippen LogP contribution in [-0.2, 0) is 38.1 Å². The van der Waals surface area contributed by atoms with E-state index in [1.807, 2.05) is 6.08 Å². The van der Waals surface area contributed by atoms with E-state index in [1.54, 1.807) is 18.2 Å². The van der Waals surface area contributed by atoms with Gasteiger partial charge < -0.3 is 18.9 Å². The molecule has 8 heteroatoms. The quantitative estimate of drug-likeness (QED) is 0.509. The lowest BCUT2D eigenvalue weighted by atomic mass is 9.43. The SMILES string of the molecule is COC(=O)C1=C(C(=O)OC)[C@@]23C=CC=C[C@]24C[C@@H](C(C(=O)OC)=C4C(=O)OC)[C@@H]13. The fraction of sp³-hybridized carbons (Fsp3) is 0.429. The summed E-state index contributed by atoms with van der Waals surface area (Å²) in [6.45, 7) is 0. The monoisotopic (exact) mass is 400 g/mol. The van der Waals surface area contributed by atoms with Crippen LogP contribution in [-0.4, -0.2) is 52.3 Å². The molecule has 152 valence electrons. The first-order valence-corrected chi connectivity index (χ1v) is 9.05. The van der Waals surface area contributed by atoms with Crippen molar-refractivity contribution in [3.8, 4) is 0 Å². The maximum atomic E-state index is 12.8. The Bertz CT molecular complexity index is 969. The molecule has 0 N–H and O–H groups in total. The Balaban J connectivity index is 2.04. The van der Waals surface area contributed by atoms with E-state index in [2.05, 4.69) is 0 Å². The number of carbonyl (C=O) groups excluding carboxylic acids is 4. The molecule has 1 fully saturated rings. The minimum atomic E-state index is -1.02. The molecule has 0 aromatic carbocycles. The molecular weight excluding hydrogens is 380 g/mol. The van der Waals surface area contributed by atoms with Gasteiger partial charge in [0.05, 0.1) is 50.7 Å². The van der Waals surface area contributed by atoms with Crippen LogP contribution in [0, 0.1) is 22.7 Å². The summed E-state index contributed by atoms with van der Waals surface area (Å²) in [5.74, 6) is -3.67. The molecule has 29 heavy (non-hydrogen) atoms. The zero-order valence-electron chi connectivity index (χ0n) is 16.4. The van der Waals surface area contributed by atoms with Crippen LogP contribution in [0.15, 0.2) is 46.6 Å². The third-order valence-corrected chi connectivity index (χ3v) is 6.69. The highest BCUT2D eigenvalue weighted by Gasteiger charge is 2.79. The van der Waals surface area contributed by atoms with Gasteiger partial charge in [-0.15, -0.1) is 0 Å². The molecule has 2 bridgehead atoms. The molecule has 2 spiro atoms. The van der Waals surface area contributed by atoms with Gasteiger partial charge in [-0.25, -0.2) is 19.2 Å². The summed E-state index contributed by atoms with van der Waals surface area (Å²) in [7, 11) is 4.92. The van der Waals surface area contributed by atoms with Gasteiger partial charge in [0.25, 0.3) is 0 Å². The van der Waals surface area contributed by atoms with E-state index in [-0.39, 0.29) is 22.3 Å². The molecule has 0 aromatic rings. The Labute approximate surface area is 166 Å². The van der Waals surface area contributed by atoms with Crippen LogP contribution in [0.4, 0.5) is 0 Å². The number of carbonyl (C=O) groups is 4. The summed E-state index contributed by atoms with van der Waals surface area (Å²) in [5, 5.41) is 0. The van der Waals surface area contributed by atoms with Gasteiger partial charge in [0.2, 0.25) is 0 Å². The third kappa shape index (κ3) is 1.93. The molecule has 8 nitrogen and oxygen atoms in total. The molecule has 1 saturated carbocycles. The van der Waals surface area contributed by atoms with Crippen molar-refractivity contribution in [3.63, 3.8) is 0 Å².